The average molecular weight is 406 g/mol. The van der Waals surface area contributed by atoms with Crippen molar-refractivity contribution in [1.29, 1.82) is 0 Å². The van der Waals surface area contributed by atoms with E-state index in [9.17, 15) is 9.59 Å². The molecule has 1 aromatic heterocycles. The van der Waals surface area contributed by atoms with Gasteiger partial charge in [0, 0.05) is 25.5 Å². The van der Waals surface area contributed by atoms with E-state index >= 15 is 0 Å². The predicted molar refractivity (Wildman–Crippen MR) is 112 cm³/mol. The minimum atomic E-state index is -0.702. The van der Waals surface area contributed by atoms with E-state index < -0.39 is 17.4 Å². The van der Waals surface area contributed by atoms with E-state index in [-0.39, 0.29) is 17.9 Å². The van der Waals surface area contributed by atoms with Crippen LogP contribution in [0.5, 0.6) is 0 Å². The normalized spacial score (nSPS) is 29.0. The van der Waals surface area contributed by atoms with Gasteiger partial charge in [-0.1, -0.05) is 18.2 Å². The summed E-state index contributed by atoms with van der Waals surface area (Å²) in [5, 5.41) is 6.74. The van der Waals surface area contributed by atoms with E-state index in [1.807, 2.05) is 43.5 Å². The molecule has 4 atom stereocenters. The third-order valence-corrected chi connectivity index (χ3v) is 6.85. The monoisotopic (exact) mass is 406 g/mol. The van der Waals surface area contributed by atoms with Gasteiger partial charge in [-0.05, 0) is 49.1 Å². The molecule has 3 aliphatic heterocycles. The van der Waals surface area contributed by atoms with Crippen LogP contribution in [0.25, 0.3) is 0 Å². The molecule has 0 radical (unpaired) electrons. The molecule has 2 amide bonds. The number of nitrogens with zero attached hydrogens (tertiary/aromatic N) is 3. The van der Waals surface area contributed by atoms with Crippen molar-refractivity contribution in [3.05, 3.63) is 59.4 Å². The Kier molecular flexibility index (Phi) is 4.32. The van der Waals surface area contributed by atoms with Gasteiger partial charge in [-0.2, -0.15) is 5.10 Å². The first kappa shape index (κ1) is 19.1. The van der Waals surface area contributed by atoms with E-state index in [0.29, 0.717) is 19.5 Å². The number of amides is 2. The van der Waals surface area contributed by atoms with Crippen LogP contribution >= 0.6 is 0 Å². The van der Waals surface area contributed by atoms with Crippen molar-refractivity contribution in [3.63, 3.8) is 0 Å². The maximum absolute atomic E-state index is 13.5. The molecule has 156 valence electrons. The Morgan fingerprint density at radius 2 is 2.20 bits per heavy atom. The molecule has 7 nitrogen and oxygen atoms in total. The summed E-state index contributed by atoms with van der Waals surface area (Å²) < 4.78 is 6.26. The van der Waals surface area contributed by atoms with Crippen molar-refractivity contribution in [2.24, 2.45) is 11.8 Å². The number of rotatable bonds is 5. The first-order chi connectivity index (χ1) is 14.4. The Morgan fingerprint density at radius 1 is 1.37 bits per heavy atom. The number of fused-ring (bicyclic) bond motifs is 1. The quantitative estimate of drug-likeness (QED) is 0.771. The number of ether oxygens (including phenoxy) is 1. The highest BCUT2D eigenvalue weighted by molar-refractivity contribution is 6.03. The molecule has 4 heterocycles. The summed E-state index contributed by atoms with van der Waals surface area (Å²) >= 11 is 0. The van der Waals surface area contributed by atoms with E-state index in [1.54, 1.807) is 23.0 Å². The van der Waals surface area contributed by atoms with Crippen LogP contribution in [0.3, 0.4) is 0 Å². The third kappa shape index (κ3) is 2.80. The average Bonchev–Trinajstić information content (AvgIpc) is 3.50. The molecule has 7 heteroatoms. The Bertz CT molecular complexity index is 1030. The van der Waals surface area contributed by atoms with Crippen LogP contribution in [0.15, 0.2) is 42.7 Å². The number of likely N-dealkylation sites (N-methyl/N-ethyl adjacent to an activating group) is 1. The molecule has 2 fully saturated rings. The fourth-order valence-corrected chi connectivity index (χ4v) is 4.97. The molecule has 1 N–H and O–H groups in total. The number of hydrogen-bond acceptors (Lipinski definition) is 4. The van der Waals surface area contributed by atoms with Crippen molar-refractivity contribution in [2.75, 3.05) is 25.0 Å². The zero-order valence-electron chi connectivity index (χ0n) is 17.5. The summed E-state index contributed by atoms with van der Waals surface area (Å²) in [7, 11) is 1.80. The van der Waals surface area contributed by atoms with Gasteiger partial charge >= 0.3 is 0 Å². The zero-order chi connectivity index (χ0) is 21.0. The molecule has 1 aromatic carbocycles. The van der Waals surface area contributed by atoms with Crippen LogP contribution in [0.4, 0.5) is 5.69 Å². The molecular weight excluding hydrogens is 380 g/mol. The molecule has 1 spiro atoms. The first-order valence-electron chi connectivity index (χ1n) is 10.4. The minimum Gasteiger partial charge on any atom is -0.360 e. The molecule has 5 rings (SSSR count). The maximum Gasteiger partial charge on any atom is 0.234 e. The van der Waals surface area contributed by atoms with Gasteiger partial charge in [0.05, 0.1) is 30.7 Å². The molecule has 0 saturated carbocycles. The topological polar surface area (TPSA) is 78.5 Å². The third-order valence-electron chi connectivity index (χ3n) is 6.85. The van der Waals surface area contributed by atoms with Gasteiger partial charge < -0.3 is 14.5 Å². The molecule has 2 bridgehead atoms. The van der Waals surface area contributed by atoms with Crippen molar-refractivity contribution in [3.8, 4) is 0 Å². The number of aromatic nitrogens is 2. The van der Waals surface area contributed by atoms with Crippen LogP contribution in [-0.2, 0) is 20.7 Å². The number of anilines is 1. The van der Waals surface area contributed by atoms with Gasteiger partial charge in [-0.25, -0.2) is 0 Å². The van der Waals surface area contributed by atoms with Crippen molar-refractivity contribution in [2.45, 2.75) is 32.0 Å². The largest absolute Gasteiger partial charge is 0.360 e. The Labute approximate surface area is 175 Å². The first-order valence-corrected chi connectivity index (χ1v) is 10.4. The minimum absolute atomic E-state index is 0.0216. The SMILES string of the molecule is Cc1ccc(N2C[C@]34C=C[C@H](O3)[C@H](C(=O)N(C)CCc3cn[nH]c3)[C@H]4C2=O)cc1C. The van der Waals surface area contributed by atoms with E-state index in [0.717, 1.165) is 16.8 Å². The number of hydrogen-bond donors (Lipinski definition) is 1. The van der Waals surface area contributed by atoms with Gasteiger partial charge in [0.2, 0.25) is 11.8 Å². The molecule has 2 aromatic rings. The van der Waals surface area contributed by atoms with Crippen molar-refractivity contribution < 1.29 is 14.3 Å². The van der Waals surface area contributed by atoms with Gasteiger partial charge in [-0.3, -0.25) is 14.7 Å². The second-order valence-electron chi connectivity index (χ2n) is 8.71. The summed E-state index contributed by atoms with van der Waals surface area (Å²) in [6, 6.07) is 6.04. The number of nitrogens with one attached hydrogen (secondary N) is 1. The highest BCUT2D eigenvalue weighted by Gasteiger charge is 2.67. The van der Waals surface area contributed by atoms with Crippen LogP contribution in [-0.4, -0.2) is 58.8 Å². The van der Waals surface area contributed by atoms with Gasteiger partial charge in [0.15, 0.2) is 0 Å². The number of H-pyrrole nitrogens is 1. The van der Waals surface area contributed by atoms with E-state index in [1.165, 1.54) is 5.56 Å². The number of carbonyl (C=O) groups excluding carboxylic acids is 2. The Morgan fingerprint density at radius 3 is 2.93 bits per heavy atom. The van der Waals surface area contributed by atoms with Crippen LogP contribution in [0.2, 0.25) is 0 Å². The second kappa shape index (κ2) is 6.80. The predicted octanol–water partition coefficient (Wildman–Crippen LogP) is 2.01. The molecule has 0 aliphatic carbocycles. The fraction of sp³-hybridized carbons (Fsp3) is 0.435. The van der Waals surface area contributed by atoms with Crippen molar-refractivity contribution >= 4 is 17.5 Å². The Balaban J connectivity index is 1.38. The standard InChI is InChI=1S/C23H26N4O3/c1-14-4-5-17(10-15(14)2)27-13-23-8-6-18(30-23)19(20(23)22(27)29)21(28)26(3)9-7-16-11-24-25-12-16/h4-6,8,10-12,18-20H,7,9,13H2,1-3H3,(H,24,25)/t18-,19-,20-,23-/m0/s1. The van der Waals surface area contributed by atoms with Crippen LogP contribution in [0.1, 0.15) is 16.7 Å². The number of carbonyl (C=O) groups is 2. The smallest absolute Gasteiger partial charge is 0.234 e. The number of aryl methyl sites for hydroxylation is 2. The fourth-order valence-electron chi connectivity index (χ4n) is 4.97. The summed E-state index contributed by atoms with van der Waals surface area (Å²) in [5.41, 5.74) is 3.54. The molecule has 3 aliphatic rings. The van der Waals surface area contributed by atoms with E-state index in [2.05, 4.69) is 17.1 Å². The summed E-state index contributed by atoms with van der Waals surface area (Å²) in [4.78, 5) is 30.3. The van der Waals surface area contributed by atoms with Gasteiger partial charge in [-0.15, -0.1) is 0 Å². The molecule has 30 heavy (non-hydrogen) atoms. The zero-order valence-corrected chi connectivity index (χ0v) is 17.5. The lowest BCUT2D eigenvalue weighted by molar-refractivity contribution is -0.139. The Hall–Kier alpha value is -2.93. The lowest BCUT2D eigenvalue weighted by Crippen LogP contribution is -2.45. The maximum atomic E-state index is 13.5. The van der Waals surface area contributed by atoms with Gasteiger partial charge in [0.25, 0.3) is 0 Å². The number of benzene rings is 1. The summed E-state index contributed by atoms with van der Waals surface area (Å²) in [6.07, 6.45) is 7.93. The summed E-state index contributed by atoms with van der Waals surface area (Å²) in [6.45, 7) is 5.12. The van der Waals surface area contributed by atoms with E-state index in [4.69, 9.17) is 4.74 Å². The highest BCUT2D eigenvalue weighted by atomic mass is 16.5. The summed E-state index contributed by atoms with van der Waals surface area (Å²) in [5.74, 6) is -1.01. The molecule has 0 unspecified atom stereocenters. The molecule has 2 saturated heterocycles. The lowest BCUT2D eigenvalue weighted by atomic mass is 9.76. The molecular formula is C23H26N4O3. The lowest BCUT2D eigenvalue weighted by Gasteiger charge is -2.27. The number of aromatic amines is 1. The second-order valence-corrected chi connectivity index (χ2v) is 8.71. The van der Waals surface area contributed by atoms with Crippen molar-refractivity contribution in [1.82, 2.24) is 15.1 Å². The highest BCUT2D eigenvalue weighted by Crippen LogP contribution is 2.53. The van der Waals surface area contributed by atoms with Crippen LogP contribution < -0.4 is 4.90 Å². The van der Waals surface area contributed by atoms with Crippen LogP contribution in [0, 0.1) is 25.7 Å². The van der Waals surface area contributed by atoms with Gasteiger partial charge in [0.1, 0.15) is 5.60 Å².